The molecular formula is C20H26N6O3. The van der Waals surface area contributed by atoms with E-state index in [4.69, 9.17) is 0 Å². The van der Waals surface area contributed by atoms with Crippen molar-refractivity contribution >= 4 is 11.9 Å². The fraction of sp³-hybridized carbons (Fsp3) is 0.450. The lowest BCUT2D eigenvalue weighted by molar-refractivity contribution is 0.0619. The number of hydrogen-bond donors (Lipinski definition) is 1. The smallest absolute Gasteiger partial charge is 0.330 e. The van der Waals surface area contributed by atoms with Gasteiger partial charge >= 0.3 is 11.7 Å². The number of rotatable bonds is 2. The van der Waals surface area contributed by atoms with Crippen molar-refractivity contribution in [1.29, 1.82) is 0 Å². The van der Waals surface area contributed by atoms with Gasteiger partial charge in [-0.3, -0.25) is 9.36 Å². The predicted octanol–water partition coefficient (Wildman–Crippen LogP) is 0.291. The summed E-state index contributed by atoms with van der Waals surface area (Å²) in [6.07, 6.45) is 3.22. The highest BCUT2D eigenvalue weighted by molar-refractivity contribution is 5.94. The van der Waals surface area contributed by atoms with Gasteiger partial charge < -0.3 is 24.6 Å². The first-order chi connectivity index (χ1) is 14.0. The Morgan fingerprint density at radius 2 is 1.38 bits per heavy atom. The van der Waals surface area contributed by atoms with E-state index in [1.165, 1.54) is 4.57 Å². The molecule has 29 heavy (non-hydrogen) atoms. The number of H-pyrrole nitrogens is 1. The highest BCUT2D eigenvalue weighted by Crippen LogP contribution is 2.13. The van der Waals surface area contributed by atoms with Gasteiger partial charge in [0.2, 0.25) is 0 Å². The molecule has 3 amide bonds. The molecule has 0 bridgehead atoms. The molecule has 0 unspecified atom stereocenters. The lowest BCUT2D eigenvalue weighted by atomic mass is 10.1. The van der Waals surface area contributed by atoms with Crippen LogP contribution in [-0.2, 0) is 0 Å². The summed E-state index contributed by atoms with van der Waals surface area (Å²) in [6, 6.07) is 7.06. The number of carbonyl (C=O) groups is 2. The minimum atomic E-state index is -0.217. The van der Waals surface area contributed by atoms with Gasteiger partial charge in [-0.2, -0.15) is 0 Å². The molecule has 1 aromatic carbocycles. The summed E-state index contributed by atoms with van der Waals surface area (Å²) in [5.74, 6) is -0.0512. The van der Waals surface area contributed by atoms with Crippen LogP contribution in [-0.4, -0.2) is 100 Å². The van der Waals surface area contributed by atoms with Crippen molar-refractivity contribution in [2.75, 3.05) is 59.4 Å². The van der Waals surface area contributed by atoms with Gasteiger partial charge in [-0.1, -0.05) is 0 Å². The van der Waals surface area contributed by atoms with Gasteiger partial charge in [0.05, 0.1) is 5.69 Å². The van der Waals surface area contributed by atoms with E-state index in [1.54, 1.807) is 41.6 Å². The Morgan fingerprint density at radius 1 is 0.828 bits per heavy atom. The summed E-state index contributed by atoms with van der Waals surface area (Å²) >= 11 is 0. The second-order valence-electron chi connectivity index (χ2n) is 7.53. The standard InChI is InChI=1S/C20H26N6O3/c1-22-8-10-24(11-9-22)20(29)25-14-12-23(13-15-25)18(27)16-2-4-17(5-3-16)26-7-6-21-19(26)28/h2-7H,8-15H2,1H3,(H,21,28). The van der Waals surface area contributed by atoms with E-state index in [0.29, 0.717) is 37.4 Å². The third kappa shape index (κ3) is 4.04. The van der Waals surface area contributed by atoms with Crippen LogP contribution in [0, 0.1) is 0 Å². The molecule has 9 nitrogen and oxygen atoms in total. The van der Waals surface area contributed by atoms with Crippen molar-refractivity contribution in [3.05, 3.63) is 52.7 Å². The third-order valence-electron chi connectivity index (χ3n) is 5.65. The Bertz CT molecular complexity index is 918. The first-order valence-electron chi connectivity index (χ1n) is 9.91. The van der Waals surface area contributed by atoms with Crippen LogP contribution in [0.25, 0.3) is 5.69 Å². The molecule has 3 heterocycles. The maximum absolute atomic E-state index is 12.8. The Balaban J connectivity index is 1.33. The topological polar surface area (TPSA) is 84.9 Å². The number of imidazole rings is 1. The largest absolute Gasteiger partial charge is 0.335 e. The SMILES string of the molecule is CN1CCN(C(=O)N2CCN(C(=O)c3ccc(-n4cc[nH]c4=O)cc3)CC2)CC1. The lowest BCUT2D eigenvalue weighted by Crippen LogP contribution is -2.57. The minimum absolute atomic E-state index is 0.0512. The predicted molar refractivity (Wildman–Crippen MR) is 108 cm³/mol. The number of likely N-dealkylation sites (N-methyl/N-ethyl adjacent to an activating group) is 1. The summed E-state index contributed by atoms with van der Waals surface area (Å²) in [5, 5.41) is 0. The molecule has 0 radical (unpaired) electrons. The highest BCUT2D eigenvalue weighted by atomic mass is 16.2. The Hall–Kier alpha value is -3.07. The maximum atomic E-state index is 12.8. The molecule has 0 atom stereocenters. The molecule has 2 aliphatic heterocycles. The van der Waals surface area contributed by atoms with E-state index < -0.39 is 0 Å². The van der Waals surface area contributed by atoms with E-state index >= 15 is 0 Å². The Labute approximate surface area is 169 Å². The molecule has 0 aliphatic carbocycles. The van der Waals surface area contributed by atoms with Crippen molar-refractivity contribution in [2.24, 2.45) is 0 Å². The van der Waals surface area contributed by atoms with Crippen molar-refractivity contribution in [1.82, 2.24) is 29.2 Å². The van der Waals surface area contributed by atoms with Gasteiger partial charge in [0, 0.05) is 70.3 Å². The van der Waals surface area contributed by atoms with Crippen LogP contribution in [0.15, 0.2) is 41.5 Å². The van der Waals surface area contributed by atoms with E-state index in [1.807, 2.05) is 9.80 Å². The number of aromatic nitrogens is 2. The van der Waals surface area contributed by atoms with Crippen LogP contribution < -0.4 is 5.69 Å². The number of hydrogen-bond acceptors (Lipinski definition) is 4. The second kappa shape index (κ2) is 8.12. The molecule has 2 aromatic rings. The normalized spacial score (nSPS) is 18.2. The van der Waals surface area contributed by atoms with Gasteiger partial charge in [-0.05, 0) is 31.3 Å². The van der Waals surface area contributed by atoms with Gasteiger partial charge in [0.1, 0.15) is 0 Å². The zero-order chi connectivity index (χ0) is 20.4. The number of carbonyl (C=O) groups excluding carboxylic acids is 2. The molecule has 0 saturated carbocycles. The fourth-order valence-corrected chi connectivity index (χ4v) is 3.77. The third-order valence-corrected chi connectivity index (χ3v) is 5.65. The number of nitrogens with zero attached hydrogens (tertiary/aromatic N) is 5. The maximum Gasteiger partial charge on any atom is 0.330 e. The molecule has 1 aromatic heterocycles. The van der Waals surface area contributed by atoms with Crippen LogP contribution in [0.3, 0.4) is 0 Å². The number of aromatic amines is 1. The summed E-state index contributed by atoms with van der Waals surface area (Å²) in [6.45, 7) is 5.45. The van der Waals surface area contributed by atoms with Crippen LogP contribution in [0.5, 0.6) is 0 Å². The van der Waals surface area contributed by atoms with Crippen molar-refractivity contribution in [3.63, 3.8) is 0 Å². The van der Waals surface area contributed by atoms with Crippen LogP contribution in [0.4, 0.5) is 4.79 Å². The van der Waals surface area contributed by atoms with Crippen molar-refractivity contribution < 1.29 is 9.59 Å². The molecule has 9 heteroatoms. The van der Waals surface area contributed by atoms with Crippen molar-refractivity contribution in [2.45, 2.75) is 0 Å². The molecular weight excluding hydrogens is 372 g/mol. The van der Waals surface area contributed by atoms with Gasteiger partial charge in [0.15, 0.2) is 0 Å². The van der Waals surface area contributed by atoms with Crippen LogP contribution >= 0.6 is 0 Å². The quantitative estimate of drug-likeness (QED) is 0.788. The summed E-state index contributed by atoms with van der Waals surface area (Å²) in [4.78, 5) is 47.5. The summed E-state index contributed by atoms with van der Waals surface area (Å²) in [7, 11) is 2.06. The molecule has 2 aliphatic rings. The Morgan fingerprint density at radius 3 is 1.93 bits per heavy atom. The average Bonchev–Trinajstić information content (AvgIpc) is 3.19. The van der Waals surface area contributed by atoms with Gasteiger partial charge in [-0.25, -0.2) is 9.59 Å². The first-order valence-corrected chi connectivity index (χ1v) is 9.91. The highest BCUT2D eigenvalue weighted by Gasteiger charge is 2.28. The van der Waals surface area contributed by atoms with E-state index in [9.17, 15) is 14.4 Å². The zero-order valence-corrected chi connectivity index (χ0v) is 16.6. The number of benzene rings is 1. The van der Waals surface area contributed by atoms with Gasteiger partial charge in [-0.15, -0.1) is 0 Å². The molecule has 2 saturated heterocycles. The van der Waals surface area contributed by atoms with Crippen LogP contribution in [0.1, 0.15) is 10.4 Å². The first kappa shape index (κ1) is 19.3. The Kier molecular flexibility index (Phi) is 5.39. The summed E-state index contributed by atoms with van der Waals surface area (Å²) < 4.78 is 1.48. The number of amides is 3. The molecule has 4 rings (SSSR count). The number of piperazine rings is 2. The number of nitrogens with one attached hydrogen (secondary N) is 1. The van der Waals surface area contributed by atoms with Gasteiger partial charge in [0.25, 0.3) is 5.91 Å². The van der Waals surface area contributed by atoms with Crippen LogP contribution in [0.2, 0.25) is 0 Å². The average molecular weight is 398 g/mol. The minimum Gasteiger partial charge on any atom is -0.335 e. The van der Waals surface area contributed by atoms with E-state index in [-0.39, 0.29) is 17.6 Å². The molecule has 1 N–H and O–H groups in total. The molecule has 2 fully saturated rings. The molecule has 154 valence electrons. The monoisotopic (exact) mass is 398 g/mol. The fourth-order valence-electron chi connectivity index (χ4n) is 3.77. The second-order valence-corrected chi connectivity index (χ2v) is 7.53. The van der Waals surface area contributed by atoms with E-state index in [0.717, 1.165) is 26.2 Å². The zero-order valence-electron chi connectivity index (χ0n) is 16.6. The molecule has 0 spiro atoms. The summed E-state index contributed by atoms with van der Waals surface area (Å²) in [5.41, 5.74) is 1.07. The van der Waals surface area contributed by atoms with Crippen molar-refractivity contribution in [3.8, 4) is 5.69 Å². The lowest BCUT2D eigenvalue weighted by Gasteiger charge is -2.40. The number of urea groups is 1. The van der Waals surface area contributed by atoms with E-state index in [2.05, 4.69) is 16.9 Å².